The Morgan fingerprint density at radius 1 is 1.33 bits per heavy atom. The van der Waals surface area contributed by atoms with Crippen LogP contribution < -0.4 is 0 Å². The van der Waals surface area contributed by atoms with Crippen molar-refractivity contribution in [3.05, 3.63) is 41.5 Å². The van der Waals surface area contributed by atoms with E-state index in [2.05, 4.69) is 0 Å². The van der Waals surface area contributed by atoms with Gasteiger partial charge in [0.1, 0.15) is 5.60 Å². The topological polar surface area (TPSA) is 52.6 Å². The molecule has 0 bridgehead atoms. The van der Waals surface area contributed by atoms with Crippen molar-refractivity contribution in [2.45, 2.75) is 38.4 Å². The summed E-state index contributed by atoms with van der Waals surface area (Å²) in [5, 5.41) is 0. The van der Waals surface area contributed by atoms with E-state index in [0.29, 0.717) is 6.42 Å². The molecule has 1 heterocycles. The molecule has 0 unspecified atom stereocenters. The normalized spacial score (nSPS) is 29.1. The Balaban J connectivity index is 2.17. The molecule has 3 rings (SSSR count). The van der Waals surface area contributed by atoms with E-state index in [1.54, 1.807) is 0 Å². The minimum absolute atomic E-state index is 0.311. The fourth-order valence-electron chi connectivity index (χ4n) is 3.38. The summed E-state index contributed by atoms with van der Waals surface area (Å²) in [4.78, 5) is 24.1. The number of carbonyl (C=O) groups is 2. The van der Waals surface area contributed by atoms with E-state index in [1.165, 1.54) is 6.92 Å². The van der Waals surface area contributed by atoms with Gasteiger partial charge in [-0.3, -0.25) is 4.79 Å². The van der Waals surface area contributed by atoms with Gasteiger partial charge in [-0.15, -0.1) is 0 Å². The quantitative estimate of drug-likeness (QED) is 0.744. The van der Waals surface area contributed by atoms with Crippen LogP contribution >= 0.6 is 0 Å². The van der Waals surface area contributed by atoms with E-state index < -0.39 is 23.1 Å². The molecule has 1 aliphatic carbocycles. The maximum Gasteiger partial charge on any atom is 0.352 e. The van der Waals surface area contributed by atoms with Crippen LogP contribution in [0, 0.1) is 5.92 Å². The molecule has 0 amide bonds. The molecule has 2 aliphatic rings. The first-order chi connectivity index (χ1) is 9.85. The predicted octanol–water partition coefficient (Wildman–Crippen LogP) is 2.51. The average Bonchev–Trinajstić information content (AvgIpc) is 2.51. The Morgan fingerprint density at radius 2 is 2.05 bits per heavy atom. The second kappa shape index (κ2) is 4.45. The van der Waals surface area contributed by atoms with Gasteiger partial charge < -0.3 is 9.47 Å². The van der Waals surface area contributed by atoms with Crippen molar-refractivity contribution in [2.75, 3.05) is 0 Å². The number of rotatable bonds is 1. The molecule has 1 aliphatic heterocycles. The maximum atomic E-state index is 12.5. The Bertz CT molecular complexity index is 644. The first kappa shape index (κ1) is 13.9. The molecule has 0 N–H and O–H groups in total. The summed E-state index contributed by atoms with van der Waals surface area (Å²) >= 11 is 0. The predicted molar refractivity (Wildman–Crippen MR) is 77.3 cm³/mol. The van der Waals surface area contributed by atoms with Gasteiger partial charge in [0.2, 0.25) is 5.60 Å². The third-order valence-electron chi connectivity index (χ3n) is 4.25. The summed E-state index contributed by atoms with van der Waals surface area (Å²) in [6.45, 7) is 5.02. The molecular formula is C17H18O4. The Labute approximate surface area is 123 Å². The summed E-state index contributed by atoms with van der Waals surface area (Å²) in [7, 11) is 0. The maximum absolute atomic E-state index is 12.5. The van der Waals surface area contributed by atoms with Crippen molar-refractivity contribution in [2.24, 2.45) is 5.92 Å². The largest absolute Gasteiger partial charge is 0.456 e. The Kier molecular flexibility index (Phi) is 2.94. The first-order valence-corrected chi connectivity index (χ1v) is 7.04. The van der Waals surface area contributed by atoms with E-state index in [-0.39, 0.29) is 5.92 Å². The first-order valence-electron chi connectivity index (χ1n) is 7.04. The third kappa shape index (κ3) is 2.06. The number of hydrogen-bond acceptors (Lipinski definition) is 4. The summed E-state index contributed by atoms with van der Waals surface area (Å²) in [6.07, 6.45) is 4.25. The second-order valence-corrected chi connectivity index (χ2v) is 6.19. The van der Waals surface area contributed by atoms with Gasteiger partial charge >= 0.3 is 11.9 Å². The van der Waals surface area contributed by atoms with Crippen LogP contribution in [0.25, 0.3) is 6.08 Å². The Hall–Kier alpha value is -2.10. The number of esters is 2. The zero-order chi connectivity index (χ0) is 15.3. The number of carbonyl (C=O) groups excluding carboxylic acids is 2. The van der Waals surface area contributed by atoms with E-state index in [4.69, 9.17) is 9.47 Å². The standard InChI is InChI=1S/C17H18O4/c1-11(18)20-17-10-13-7-5-4-6-12(13)8-9-14(17)16(2,3)21-15(17)19/h4-9,14H,10H2,1-3H3/t14-,17+/m0/s1. The fraction of sp³-hybridized carbons (Fsp3) is 0.412. The fourth-order valence-corrected chi connectivity index (χ4v) is 3.38. The molecule has 4 heteroatoms. The van der Waals surface area contributed by atoms with Crippen LogP contribution in [0.15, 0.2) is 30.3 Å². The van der Waals surface area contributed by atoms with Crippen LogP contribution in [0.2, 0.25) is 0 Å². The van der Waals surface area contributed by atoms with Gasteiger partial charge in [-0.05, 0) is 25.0 Å². The molecule has 21 heavy (non-hydrogen) atoms. The van der Waals surface area contributed by atoms with Gasteiger partial charge in [0.15, 0.2) is 0 Å². The van der Waals surface area contributed by atoms with Crippen molar-refractivity contribution in [3.63, 3.8) is 0 Å². The summed E-state index contributed by atoms with van der Waals surface area (Å²) in [5.74, 6) is -1.25. The lowest BCUT2D eigenvalue weighted by Gasteiger charge is -2.31. The van der Waals surface area contributed by atoms with E-state index in [0.717, 1.165) is 11.1 Å². The molecule has 1 saturated heterocycles. The van der Waals surface area contributed by atoms with Gasteiger partial charge in [-0.25, -0.2) is 4.79 Å². The number of benzene rings is 1. The number of hydrogen-bond donors (Lipinski definition) is 0. The van der Waals surface area contributed by atoms with E-state index in [9.17, 15) is 9.59 Å². The number of cyclic esters (lactones) is 1. The lowest BCUT2D eigenvalue weighted by molar-refractivity contribution is -0.173. The summed E-state index contributed by atoms with van der Waals surface area (Å²) in [5.41, 5.74) is 0.0536. The van der Waals surface area contributed by atoms with Crippen molar-refractivity contribution in [1.82, 2.24) is 0 Å². The van der Waals surface area contributed by atoms with Crippen molar-refractivity contribution < 1.29 is 19.1 Å². The molecule has 2 atom stereocenters. The molecule has 0 saturated carbocycles. The second-order valence-electron chi connectivity index (χ2n) is 6.19. The summed E-state index contributed by atoms with van der Waals surface area (Å²) in [6, 6.07) is 7.81. The molecule has 0 spiro atoms. The number of ether oxygens (including phenoxy) is 2. The number of fused-ring (bicyclic) bond motifs is 2. The van der Waals surface area contributed by atoms with Gasteiger partial charge in [0.25, 0.3) is 0 Å². The molecule has 0 aromatic heterocycles. The summed E-state index contributed by atoms with van der Waals surface area (Å²) < 4.78 is 11.0. The SMILES string of the molecule is CC(=O)O[C@]12Cc3ccccc3C=C[C@H]1C(C)(C)OC2=O. The van der Waals surface area contributed by atoms with Crippen LogP contribution in [0.3, 0.4) is 0 Å². The van der Waals surface area contributed by atoms with Gasteiger partial charge in [0.05, 0.1) is 5.92 Å². The minimum atomic E-state index is -1.27. The zero-order valence-corrected chi connectivity index (χ0v) is 12.4. The Morgan fingerprint density at radius 3 is 2.76 bits per heavy atom. The van der Waals surface area contributed by atoms with Crippen LogP contribution in [0.4, 0.5) is 0 Å². The van der Waals surface area contributed by atoms with Crippen LogP contribution in [0.1, 0.15) is 31.9 Å². The molecule has 110 valence electrons. The highest BCUT2D eigenvalue weighted by Gasteiger charge is 2.63. The molecule has 0 radical (unpaired) electrons. The molecular weight excluding hydrogens is 268 g/mol. The highest BCUT2D eigenvalue weighted by atomic mass is 16.6. The van der Waals surface area contributed by atoms with E-state index >= 15 is 0 Å². The van der Waals surface area contributed by atoms with Crippen LogP contribution in [-0.4, -0.2) is 23.1 Å². The zero-order valence-electron chi connectivity index (χ0n) is 12.4. The van der Waals surface area contributed by atoms with Gasteiger partial charge in [-0.1, -0.05) is 36.4 Å². The lowest BCUT2D eigenvalue weighted by atomic mass is 9.77. The van der Waals surface area contributed by atoms with Crippen molar-refractivity contribution in [3.8, 4) is 0 Å². The smallest absolute Gasteiger partial charge is 0.352 e. The molecule has 1 aromatic carbocycles. The van der Waals surface area contributed by atoms with Crippen molar-refractivity contribution >= 4 is 18.0 Å². The average molecular weight is 286 g/mol. The minimum Gasteiger partial charge on any atom is -0.456 e. The van der Waals surface area contributed by atoms with Crippen LogP contribution in [-0.2, 0) is 25.5 Å². The highest BCUT2D eigenvalue weighted by Crippen LogP contribution is 2.47. The third-order valence-corrected chi connectivity index (χ3v) is 4.25. The van der Waals surface area contributed by atoms with Gasteiger partial charge in [-0.2, -0.15) is 0 Å². The molecule has 1 fully saturated rings. The molecule has 4 nitrogen and oxygen atoms in total. The monoisotopic (exact) mass is 286 g/mol. The van der Waals surface area contributed by atoms with Crippen LogP contribution in [0.5, 0.6) is 0 Å². The molecule has 1 aromatic rings. The lowest BCUT2D eigenvalue weighted by Crippen LogP contribution is -2.48. The highest BCUT2D eigenvalue weighted by molar-refractivity contribution is 5.88. The van der Waals surface area contributed by atoms with Crippen molar-refractivity contribution in [1.29, 1.82) is 0 Å². The van der Waals surface area contributed by atoms with E-state index in [1.807, 2.05) is 50.3 Å². The van der Waals surface area contributed by atoms with Gasteiger partial charge in [0, 0.05) is 13.3 Å².